The zero-order valence-electron chi connectivity index (χ0n) is 18.4. The molecule has 1 saturated heterocycles. The SMILES string of the molecule is O=C(Nc1cc2[nH]c(-c3ccnc(OCCCF)n3)cc2cn1)c1cnn(C[C@@H]2CCCO2)c1. The maximum Gasteiger partial charge on any atom is 0.316 e. The van der Waals surface area contributed by atoms with Gasteiger partial charge in [-0.05, 0) is 25.0 Å². The molecule has 0 saturated carbocycles. The summed E-state index contributed by atoms with van der Waals surface area (Å²) in [4.78, 5) is 28.7. The van der Waals surface area contributed by atoms with Gasteiger partial charge in [0, 0.05) is 43.1 Å². The summed E-state index contributed by atoms with van der Waals surface area (Å²) >= 11 is 0. The number of nitrogens with one attached hydrogen (secondary N) is 2. The molecule has 1 aliphatic rings. The number of hydrogen-bond acceptors (Lipinski definition) is 7. The summed E-state index contributed by atoms with van der Waals surface area (Å²) in [5.41, 5.74) is 2.61. The number of alkyl halides is 1. The van der Waals surface area contributed by atoms with E-state index in [0.717, 1.165) is 36.0 Å². The van der Waals surface area contributed by atoms with Gasteiger partial charge in [-0.1, -0.05) is 0 Å². The van der Waals surface area contributed by atoms with Gasteiger partial charge in [-0.25, -0.2) is 9.97 Å². The Morgan fingerprint density at radius 3 is 3.12 bits per heavy atom. The molecule has 5 rings (SSSR count). The second-order valence-electron chi connectivity index (χ2n) is 8.00. The summed E-state index contributed by atoms with van der Waals surface area (Å²) in [5, 5.41) is 7.94. The quantitative estimate of drug-likeness (QED) is 0.364. The first kappa shape index (κ1) is 22.0. The van der Waals surface area contributed by atoms with Crippen molar-refractivity contribution in [2.75, 3.05) is 25.2 Å². The van der Waals surface area contributed by atoms with Gasteiger partial charge in [0.2, 0.25) is 0 Å². The number of hydrogen-bond donors (Lipinski definition) is 2. The van der Waals surface area contributed by atoms with Gasteiger partial charge in [-0.3, -0.25) is 13.9 Å². The van der Waals surface area contributed by atoms with Gasteiger partial charge in [0.15, 0.2) is 0 Å². The number of carbonyl (C=O) groups is 1. The standard InChI is InChI=1S/C23H24FN7O3/c24-5-2-8-34-23-25-6-4-18(29-23)20-9-15-11-26-21(10-19(15)28-20)30-22(32)16-12-27-31(13-16)14-17-3-1-7-33-17/h4,6,9-13,17,28H,1-3,5,7-8,14H2,(H,26,30,32)/t17-/m0/s1. The van der Waals surface area contributed by atoms with Crippen molar-refractivity contribution >= 4 is 22.6 Å². The van der Waals surface area contributed by atoms with E-state index < -0.39 is 6.67 Å². The molecule has 4 aromatic heterocycles. The minimum Gasteiger partial charge on any atom is -0.463 e. The van der Waals surface area contributed by atoms with Crippen LogP contribution in [0.3, 0.4) is 0 Å². The van der Waals surface area contributed by atoms with Crippen molar-refractivity contribution in [3.63, 3.8) is 0 Å². The zero-order chi connectivity index (χ0) is 23.3. The molecule has 176 valence electrons. The Balaban J connectivity index is 1.27. The third-order valence-corrected chi connectivity index (χ3v) is 5.47. The van der Waals surface area contributed by atoms with Gasteiger partial charge in [0.1, 0.15) is 5.82 Å². The lowest BCUT2D eigenvalue weighted by Crippen LogP contribution is -2.15. The highest BCUT2D eigenvalue weighted by molar-refractivity contribution is 6.04. The lowest BCUT2D eigenvalue weighted by molar-refractivity contribution is 0.0937. The number of halogens is 1. The van der Waals surface area contributed by atoms with Crippen molar-refractivity contribution in [2.45, 2.75) is 31.9 Å². The third-order valence-electron chi connectivity index (χ3n) is 5.47. The predicted octanol–water partition coefficient (Wildman–Crippen LogP) is 3.39. The average molecular weight is 465 g/mol. The lowest BCUT2D eigenvalue weighted by atomic mass is 10.2. The van der Waals surface area contributed by atoms with Crippen molar-refractivity contribution < 1.29 is 18.7 Å². The maximum atomic E-state index is 12.7. The third kappa shape index (κ3) is 5.04. The molecule has 10 nitrogen and oxygen atoms in total. The Hall–Kier alpha value is -3.86. The van der Waals surface area contributed by atoms with Gasteiger partial charge in [0.25, 0.3) is 5.91 Å². The topological polar surface area (TPSA) is 120 Å². The van der Waals surface area contributed by atoms with Crippen LogP contribution in [0.25, 0.3) is 22.3 Å². The number of anilines is 1. The van der Waals surface area contributed by atoms with Crippen LogP contribution < -0.4 is 10.1 Å². The number of aromatic nitrogens is 6. The van der Waals surface area contributed by atoms with Crippen molar-refractivity contribution in [2.24, 2.45) is 0 Å². The summed E-state index contributed by atoms with van der Waals surface area (Å²) < 4.78 is 25.0. The molecule has 0 aromatic carbocycles. The molecule has 0 bridgehead atoms. The number of aromatic amines is 1. The van der Waals surface area contributed by atoms with Crippen molar-refractivity contribution in [3.8, 4) is 17.4 Å². The molecule has 11 heteroatoms. The molecule has 1 atom stereocenters. The number of ether oxygens (including phenoxy) is 2. The molecule has 0 radical (unpaired) electrons. The highest BCUT2D eigenvalue weighted by Crippen LogP contribution is 2.25. The Morgan fingerprint density at radius 1 is 1.32 bits per heavy atom. The van der Waals surface area contributed by atoms with Crippen LogP contribution in [-0.4, -0.2) is 61.6 Å². The van der Waals surface area contributed by atoms with Gasteiger partial charge < -0.3 is 19.8 Å². The monoisotopic (exact) mass is 465 g/mol. The van der Waals surface area contributed by atoms with Crippen LogP contribution >= 0.6 is 0 Å². The second kappa shape index (κ2) is 9.96. The molecule has 4 aromatic rings. The fourth-order valence-corrected chi connectivity index (χ4v) is 3.78. The number of carbonyl (C=O) groups excluding carboxylic acids is 1. The molecular formula is C23H24FN7O3. The number of H-pyrrole nitrogens is 1. The fraction of sp³-hybridized carbons (Fsp3) is 0.348. The molecule has 0 unspecified atom stereocenters. The van der Waals surface area contributed by atoms with E-state index in [4.69, 9.17) is 9.47 Å². The number of fused-ring (bicyclic) bond motifs is 1. The maximum absolute atomic E-state index is 12.7. The summed E-state index contributed by atoms with van der Waals surface area (Å²) in [6, 6.07) is 5.59. The highest BCUT2D eigenvalue weighted by Gasteiger charge is 2.18. The van der Waals surface area contributed by atoms with E-state index in [9.17, 15) is 9.18 Å². The van der Waals surface area contributed by atoms with Gasteiger partial charge in [0.05, 0.1) is 54.6 Å². The second-order valence-corrected chi connectivity index (χ2v) is 8.00. The number of pyridine rings is 1. The molecular weight excluding hydrogens is 441 g/mol. The number of rotatable bonds is 9. The normalized spacial score (nSPS) is 15.6. The molecule has 2 N–H and O–H groups in total. The van der Waals surface area contributed by atoms with E-state index in [1.807, 2.05) is 6.07 Å². The highest BCUT2D eigenvalue weighted by atomic mass is 19.1. The van der Waals surface area contributed by atoms with E-state index >= 15 is 0 Å². The summed E-state index contributed by atoms with van der Waals surface area (Å²) in [7, 11) is 0. The van der Waals surface area contributed by atoms with E-state index in [1.54, 1.807) is 35.4 Å². The number of amides is 1. The minimum absolute atomic E-state index is 0.148. The smallest absolute Gasteiger partial charge is 0.316 e. The van der Waals surface area contributed by atoms with Crippen LogP contribution in [0.15, 0.2) is 43.0 Å². The van der Waals surface area contributed by atoms with Crippen LogP contribution in [-0.2, 0) is 11.3 Å². The van der Waals surface area contributed by atoms with Crippen molar-refractivity contribution in [1.82, 2.24) is 29.7 Å². The van der Waals surface area contributed by atoms with Crippen LogP contribution in [0.5, 0.6) is 6.01 Å². The van der Waals surface area contributed by atoms with E-state index in [1.165, 1.54) is 6.20 Å². The number of nitrogens with zero attached hydrogens (tertiary/aromatic N) is 5. The Morgan fingerprint density at radius 2 is 2.26 bits per heavy atom. The first-order valence-corrected chi connectivity index (χ1v) is 11.1. The zero-order valence-corrected chi connectivity index (χ0v) is 18.4. The Bertz CT molecular complexity index is 1280. The lowest BCUT2D eigenvalue weighted by Gasteiger charge is -2.08. The molecule has 0 spiro atoms. The Labute approximate surface area is 194 Å². The summed E-state index contributed by atoms with van der Waals surface area (Å²) in [6.45, 7) is 1.17. The summed E-state index contributed by atoms with van der Waals surface area (Å²) in [6.07, 6.45) is 9.01. The molecule has 1 fully saturated rings. The van der Waals surface area contributed by atoms with E-state index in [2.05, 4.69) is 30.4 Å². The first-order valence-electron chi connectivity index (χ1n) is 11.1. The fourth-order valence-electron chi connectivity index (χ4n) is 3.78. The molecule has 5 heterocycles. The van der Waals surface area contributed by atoms with Crippen LogP contribution in [0, 0.1) is 0 Å². The van der Waals surface area contributed by atoms with Crippen LogP contribution in [0.2, 0.25) is 0 Å². The first-order chi connectivity index (χ1) is 16.7. The average Bonchev–Trinajstić information content (AvgIpc) is 3.61. The van der Waals surface area contributed by atoms with Crippen molar-refractivity contribution in [3.05, 3.63) is 48.5 Å². The molecule has 0 aliphatic carbocycles. The molecule has 1 amide bonds. The van der Waals surface area contributed by atoms with Crippen LogP contribution in [0.1, 0.15) is 29.6 Å². The Kier molecular flexibility index (Phi) is 6.43. The minimum atomic E-state index is -0.453. The van der Waals surface area contributed by atoms with Crippen molar-refractivity contribution in [1.29, 1.82) is 0 Å². The van der Waals surface area contributed by atoms with E-state index in [0.29, 0.717) is 23.6 Å². The molecule has 34 heavy (non-hydrogen) atoms. The largest absolute Gasteiger partial charge is 0.463 e. The van der Waals surface area contributed by atoms with Crippen LogP contribution in [0.4, 0.5) is 10.2 Å². The van der Waals surface area contributed by atoms with Gasteiger partial charge in [-0.15, -0.1) is 0 Å². The predicted molar refractivity (Wildman–Crippen MR) is 122 cm³/mol. The molecule has 1 aliphatic heterocycles. The summed E-state index contributed by atoms with van der Waals surface area (Å²) in [5.74, 6) is 0.124. The van der Waals surface area contributed by atoms with E-state index in [-0.39, 0.29) is 31.0 Å². The van der Waals surface area contributed by atoms with Gasteiger partial charge >= 0.3 is 6.01 Å². The van der Waals surface area contributed by atoms with Gasteiger partial charge in [-0.2, -0.15) is 10.1 Å².